The Labute approximate surface area is 184 Å². The second-order valence-corrected chi connectivity index (χ2v) is 7.59. The van der Waals surface area contributed by atoms with Gasteiger partial charge in [-0.3, -0.25) is 0 Å². The van der Waals surface area contributed by atoms with Gasteiger partial charge in [-0.2, -0.15) is 0 Å². The van der Waals surface area contributed by atoms with Gasteiger partial charge in [-0.15, -0.1) is 0 Å². The third-order valence-corrected chi connectivity index (χ3v) is 5.47. The van der Waals surface area contributed by atoms with Gasteiger partial charge in [0.1, 0.15) is 7.05 Å². The van der Waals surface area contributed by atoms with Crippen LogP contribution in [0.2, 0.25) is 0 Å². The summed E-state index contributed by atoms with van der Waals surface area (Å²) in [6.45, 7) is 0.862. The van der Waals surface area contributed by atoms with Crippen molar-refractivity contribution in [1.29, 1.82) is 0 Å². The Kier molecular flexibility index (Phi) is 3.05. The number of furan rings is 1. The lowest BCUT2D eigenvalue weighted by atomic mass is 9.90. The highest BCUT2D eigenvalue weighted by Crippen LogP contribution is 2.38. The number of aryl methyl sites for hydroxylation is 3. The van der Waals surface area contributed by atoms with Gasteiger partial charge in [-0.05, 0) is 48.4 Å². The smallest absolute Gasteiger partial charge is 0.227 e. The summed E-state index contributed by atoms with van der Waals surface area (Å²) in [6.07, 6.45) is 2.22. The molecule has 2 atom stereocenters. The van der Waals surface area contributed by atoms with Crippen molar-refractivity contribution < 1.29 is 20.0 Å². The van der Waals surface area contributed by atoms with E-state index in [-0.39, 0.29) is 11.1 Å². The molecule has 0 N–H and O–H groups in total. The largest absolute Gasteiger partial charge is 0.437 e. The summed E-state index contributed by atoms with van der Waals surface area (Å²) in [7, 11) is 1.71. The van der Waals surface area contributed by atoms with Crippen LogP contribution in [0.1, 0.15) is 79.6 Å². The van der Waals surface area contributed by atoms with E-state index in [1.165, 1.54) is 26.1 Å². The molecule has 4 rings (SSSR count). The van der Waals surface area contributed by atoms with E-state index in [2.05, 4.69) is 4.98 Å². The Morgan fingerprint density at radius 2 is 1.83 bits per heavy atom. The maximum Gasteiger partial charge on any atom is 0.227 e. The summed E-state index contributed by atoms with van der Waals surface area (Å²) in [5.74, 6) is -4.32. The summed E-state index contributed by atoms with van der Waals surface area (Å²) in [4.78, 5) is 4.62. The quantitative estimate of drug-likeness (QED) is 0.365. The molecule has 1 aromatic carbocycles. The summed E-state index contributed by atoms with van der Waals surface area (Å²) in [6, 6.07) is 9.35. The lowest BCUT2D eigenvalue weighted by Crippen LogP contribution is -2.32. The average molecular weight is 396 g/mol. The Bertz CT molecular complexity index is 1510. The fraction of sp³-hybridized carbons (Fsp3) is 0.385. The fourth-order valence-electron chi connectivity index (χ4n) is 3.88. The predicted octanol–water partition coefficient (Wildman–Crippen LogP) is 6.59. The third kappa shape index (κ3) is 3.23. The zero-order chi connectivity index (χ0) is 27.7. The number of pyridine rings is 2. The van der Waals surface area contributed by atoms with E-state index in [1.54, 1.807) is 11.6 Å². The standard InChI is InChI=1S/C26H31N2O/c1-8-18-10-12-20-19-11-9-17(6)24(25(19)29-26(20)27-18)23-13-21(15(2)3)22(16(4)5)14-28(23)7/h9-16H,8H2,1-7H3/q+1/i2D3,4D3,15D,16D. The molecule has 29 heavy (non-hydrogen) atoms. The first kappa shape index (κ1) is 12.1. The molecule has 150 valence electrons. The highest BCUT2D eigenvalue weighted by molar-refractivity contribution is 6.08. The molecule has 3 aromatic heterocycles. The monoisotopic (exact) mass is 395 g/mol. The van der Waals surface area contributed by atoms with Crippen LogP contribution in [0.4, 0.5) is 0 Å². The van der Waals surface area contributed by atoms with E-state index in [0.29, 0.717) is 22.6 Å². The summed E-state index contributed by atoms with van der Waals surface area (Å²) >= 11 is 0. The average Bonchev–Trinajstić information content (AvgIpc) is 3.15. The maximum atomic E-state index is 8.85. The molecule has 3 nitrogen and oxygen atoms in total. The SMILES string of the molecule is [2H]C([2H])([2H])C([2H])(C)c1cc(-c2c(C)ccc3c2oc2nc(CC)ccc23)[n+](C)cc1C([2H])(C)C([2H])([2H])[2H]. The van der Waals surface area contributed by atoms with Gasteiger partial charge in [0.15, 0.2) is 11.8 Å². The molecule has 0 saturated carbocycles. The van der Waals surface area contributed by atoms with Crippen LogP contribution in [-0.4, -0.2) is 4.98 Å². The first-order valence-corrected chi connectivity index (χ1v) is 9.78. The van der Waals surface area contributed by atoms with E-state index in [4.69, 9.17) is 15.4 Å². The van der Waals surface area contributed by atoms with Crippen molar-refractivity contribution in [3.05, 3.63) is 58.9 Å². The minimum atomic E-state index is -2.77. The first-order valence-electron chi connectivity index (χ1n) is 13.8. The van der Waals surface area contributed by atoms with Gasteiger partial charge < -0.3 is 4.42 Å². The number of rotatable bonds is 4. The zero-order valence-electron chi connectivity index (χ0n) is 25.5. The topological polar surface area (TPSA) is 29.9 Å². The molecule has 0 aliphatic heterocycles. The summed E-state index contributed by atoms with van der Waals surface area (Å²) in [5.41, 5.74) is 3.96. The van der Waals surface area contributed by atoms with Gasteiger partial charge >= 0.3 is 0 Å². The number of nitrogens with zero attached hydrogens (tertiary/aromatic N) is 2. The maximum absolute atomic E-state index is 8.85. The van der Waals surface area contributed by atoms with E-state index in [9.17, 15) is 0 Å². The molecule has 0 bridgehead atoms. The first-order chi connectivity index (χ1) is 16.9. The van der Waals surface area contributed by atoms with Crippen molar-refractivity contribution >= 4 is 22.1 Å². The summed E-state index contributed by atoms with van der Waals surface area (Å²) < 4.78 is 73.6. The lowest BCUT2D eigenvalue weighted by molar-refractivity contribution is -0.660. The molecular weight excluding hydrogens is 356 g/mol. The molecule has 3 heteroatoms. The van der Waals surface area contributed by atoms with Gasteiger partial charge in [0.05, 0.1) is 5.56 Å². The Morgan fingerprint density at radius 3 is 2.55 bits per heavy atom. The zero-order valence-corrected chi connectivity index (χ0v) is 17.5. The van der Waals surface area contributed by atoms with E-state index in [0.717, 1.165) is 28.5 Å². The molecule has 0 saturated heterocycles. The van der Waals surface area contributed by atoms with Crippen LogP contribution >= 0.6 is 0 Å². The number of hydrogen-bond acceptors (Lipinski definition) is 2. The number of aromatic nitrogens is 2. The number of fused-ring (bicyclic) bond motifs is 3. The van der Waals surface area contributed by atoms with E-state index in [1.807, 2.05) is 38.1 Å². The van der Waals surface area contributed by atoms with Gasteiger partial charge in [0.2, 0.25) is 11.4 Å². The number of hydrogen-bond donors (Lipinski definition) is 0. The molecule has 3 heterocycles. The van der Waals surface area contributed by atoms with Crippen molar-refractivity contribution in [3.63, 3.8) is 0 Å². The lowest BCUT2D eigenvalue weighted by Gasteiger charge is -2.16. The molecule has 0 amide bonds. The van der Waals surface area contributed by atoms with Crippen molar-refractivity contribution in [2.45, 2.75) is 59.6 Å². The minimum absolute atomic E-state index is 0.0314. The normalized spacial score (nSPS) is 21.0. The van der Waals surface area contributed by atoms with Crippen LogP contribution in [0.15, 0.2) is 40.9 Å². The molecule has 2 unspecified atom stereocenters. The van der Waals surface area contributed by atoms with Gasteiger partial charge in [-0.1, -0.05) is 46.6 Å². The Balaban J connectivity index is 2.11. The second-order valence-electron chi connectivity index (χ2n) is 7.59. The molecule has 0 aliphatic rings. The van der Waals surface area contributed by atoms with E-state index >= 15 is 0 Å². The van der Waals surface area contributed by atoms with Crippen LogP contribution < -0.4 is 4.57 Å². The molecule has 4 aromatic rings. The number of benzene rings is 1. The highest BCUT2D eigenvalue weighted by atomic mass is 16.3. The molecule has 0 spiro atoms. The summed E-state index contributed by atoms with van der Waals surface area (Å²) in [5, 5.41) is 1.69. The van der Waals surface area contributed by atoms with Crippen LogP contribution in [0.5, 0.6) is 0 Å². The second kappa shape index (κ2) is 7.29. The molecular formula is C26H31N2O+. The Hall–Kier alpha value is -2.68. The highest BCUT2D eigenvalue weighted by Gasteiger charge is 2.24. The van der Waals surface area contributed by atoms with Crippen LogP contribution in [0.3, 0.4) is 0 Å². The molecule has 0 radical (unpaired) electrons. The van der Waals surface area contributed by atoms with Crippen LogP contribution in [0, 0.1) is 6.92 Å². The third-order valence-electron chi connectivity index (χ3n) is 5.47. The van der Waals surface area contributed by atoms with Gasteiger partial charge in [-0.25, -0.2) is 9.55 Å². The minimum Gasteiger partial charge on any atom is -0.437 e. The van der Waals surface area contributed by atoms with E-state index < -0.39 is 25.5 Å². The molecule has 0 aliphatic carbocycles. The predicted molar refractivity (Wildman–Crippen MR) is 120 cm³/mol. The molecule has 0 fully saturated rings. The van der Waals surface area contributed by atoms with Gasteiger partial charge in [0, 0.05) is 39.1 Å². The fourth-order valence-corrected chi connectivity index (χ4v) is 3.88. The van der Waals surface area contributed by atoms with Crippen LogP contribution in [-0.2, 0) is 13.5 Å². The van der Waals surface area contributed by atoms with Crippen molar-refractivity contribution in [2.24, 2.45) is 7.05 Å². The Morgan fingerprint density at radius 1 is 1.10 bits per heavy atom. The van der Waals surface area contributed by atoms with Crippen molar-refractivity contribution in [1.82, 2.24) is 4.98 Å². The van der Waals surface area contributed by atoms with Crippen LogP contribution in [0.25, 0.3) is 33.3 Å². The van der Waals surface area contributed by atoms with Gasteiger partial charge in [0.25, 0.3) is 0 Å². The van der Waals surface area contributed by atoms with Crippen molar-refractivity contribution in [2.75, 3.05) is 0 Å². The van der Waals surface area contributed by atoms with Crippen molar-refractivity contribution in [3.8, 4) is 11.3 Å².